The van der Waals surface area contributed by atoms with Crippen LogP contribution in [0.4, 0.5) is 0 Å². The third kappa shape index (κ3) is 6.18. The minimum atomic E-state index is 1.11. The van der Waals surface area contributed by atoms with E-state index in [1.54, 1.807) is 22.3 Å². The van der Waals surface area contributed by atoms with E-state index in [0.29, 0.717) is 0 Å². The summed E-state index contributed by atoms with van der Waals surface area (Å²) in [7, 11) is 0. The highest BCUT2D eigenvalue weighted by molar-refractivity contribution is 6.21. The van der Waals surface area contributed by atoms with Gasteiger partial charge in [-0.25, -0.2) is 0 Å². The van der Waals surface area contributed by atoms with Crippen LogP contribution in [0.5, 0.6) is 0 Å². The Hall–Kier alpha value is -4.94. The van der Waals surface area contributed by atoms with Crippen molar-refractivity contribution in [2.45, 2.75) is 79.1 Å². The van der Waals surface area contributed by atoms with Gasteiger partial charge in [-0.15, -0.1) is 0 Å². The summed E-state index contributed by atoms with van der Waals surface area (Å²) in [5.41, 5.74) is 16.7. The Balaban J connectivity index is 1.81. The maximum Gasteiger partial charge on any atom is -0.00141 e. The second kappa shape index (κ2) is 15.3. The molecule has 7 rings (SSSR count). The summed E-state index contributed by atoms with van der Waals surface area (Å²) in [4.78, 5) is 0. The van der Waals surface area contributed by atoms with Crippen molar-refractivity contribution >= 4 is 21.5 Å². The van der Waals surface area contributed by atoms with Crippen molar-refractivity contribution in [2.75, 3.05) is 0 Å². The first-order chi connectivity index (χ1) is 24.7. The monoisotopic (exact) mass is 650 g/mol. The lowest BCUT2D eigenvalue weighted by atomic mass is 9.76. The Bertz CT molecular complexity index is 2050. The Kier molecular flexibility index (Phi) is 10.3. The van der Waals surface area contributed by atoms with E-state index in [1.807, 2.05) is 0 Å². The summed E-state index contributed by atoms with van der Waals surface area (Å²) in [6, 6.07) is 49.8. The standard InChI is InChI=1S/C50H50/c1-5-21-39-40(22-6-2)42(24-8-4)44-34-46-45(33-43(44)41(39)23-7-3)47(35-25-13-9-14-26-35)49(37-29-17-11-18-30-37)50(38-31-19-12-20-32-38)48(46)36-27-15-10-16-28-36/h9-20,25-34H,5-8,21-24H2,1-4H3. The molecule has 0 aliphatic carbocycles. The van der Waals surface area contributed by atoms with Crippen molar-refractivity contribution in [2.24, 2.45) is 0 Å². The zero-order valence-corrected chi connectivity index (χ0v) is 30.4. The van der Waals surface area contributed by atoms with Gasteiger partial charge in [0.25, 0.3) is 0 Å². The predicted octanol–water partition coefficient (Wildman–Crippen LogP) is 14.5. The molecule has 0 saturated heterocycles. The molecule has 0 unspecified atom stereocenters. The van der Waals surface area contributed by atoms with Crippen LogP contribution in [0.3, 0.4) is 0 Å². The summed E-state index contributed by atoms with van der Waals surface area (Å²) in [5, 5.41) is 5.61. The molecule has 0 radical (unpaired) electrons. The molecule has 0 N–H and O–H groups in total. The van der Waals surface area contributed by atoms with Gasteiger partial charge in [0.15, 0.2) is 0 Å². The van der Waals surface area contributed by atoms with Crippen molar-refractivity contribution in [3.63, 3.8) is 0 Å². The van der Waals surface area contributed by atoms with Gasteiger partial charge in [0.05, 0.1) is 0 Å². The minimum absolute atomic E-state index is 1.11. The fraction of sp³-hybridized carbons (Fsp3) is 0.240. The third-order valence-electron chi connectivity index (χ3n) is 10.4. The molecule has 0 spiro atoms. The van der Waals surface area contributed by atoms with Crippen LogP contribution in [-0.4, -0.2) is 0 Å². The summed E-state index contributed by atoms with van der Waals surface area (Å²) in [6.45, 7) is 9.41. The summed E-state index contributed by atoms with van der Waals surface area (Å²) in [5.74, 6) is 0. The zero-order valence-electron chi connectivity index (χ0n) is 30.4. The number of aryl methyl sites for hydroxylation is 2. The van der Waals surface area contributed by atoms with E-state index < -0.39 is 0 Å². The van der Waals surface area contributed by atoms with E-state index in [2.05, 4.69) is 161 Å². The van der Waals surface area contributed by atoms with Crippen LogP contribution in [0.2, 0.25) is 0 Å². The van der Waals surface area contributed by atoms with Crippen LogP contribution in [0, 0.1) is 0 Å². The van der Waals surface area contributed by atoms with Crippen LogP contribution in [0.15, 0.2) is 133 Å². The van der Waals surface area contributed by atoms with Crippen LogP contribution in [-0.2, 0) is 25.7 Å². The van der Waals surface area contributed by atoms with Gasteiger partial charge in [-0.3, -0.25) is 0 Å². The maximum atomic E-state index is 2.62. The van der Waals surface area contributed by atoms with Gasteiger partial charge in [0, 0.05) is 0 Å². The van der Waals surface area contributed by atoms with Crippen molar-refractivity contribution in [1.29, 1.82) is 0 Å². The topological polar surface area (TPSA) is 0 Å². The average Bonchev–Trinajstić information content (AvgIpc) is 3.17. The van der Waals surface area contributed by atoms with Crippen LogP contribution in [0.25, 0.3) is 66.1 Å². The minimum Gasteiger partial charge on any atom is -0.0651 e. The molecule has 0 atom stereocenters. The van der Waals surface area contributed by atoms with E-state index in [4.69, 9.17) is 0 Å². The van der Waals surface area contributed by atoms with Gasteiger partial charge in [0.1, 0.15) is 0 Å². The first-order valence-corrected chi connectivity index (χ1v) is 19.0. The SMILES string of the molecule is CCCc1c(CCC)c(CCC)c2cc3c(-c4ccccc4)c(-c4ccccc4)c(-c4ccccc4)c(-c4ccccc4)c3cc2c1CCC. The fourth-order valence-corrected chi connectivity index (χ4v) is 8.49. The summed E-state index contributed by atoms with van der Waals surface area (Å²) in [6.07, 6.45) is 9.16. The van der Waals surface area contributed by atoms with Gasteiger partial charge < -0.3 is 0 Å². The van der Waals surface area contributed by atoms with Crippen LogP contribution >= 0.6 is 0 Å². The largest absolute Gasteiger partial charge is 0.0651 e. The number of hydrogen-bond donors (Lipinski definition) is 0. The van der Waals surface area contributed by atoms with E-state index in [1.165, 1.54) is 78.9 Å². The molecule has 0 aromatic heterocycles. The first-order valence-electron chi connectivity index (χ1n) is 19.0. The van der Waals surface area contributed by atoms with Gasteiger partial charge in [-0.2, -0.15) is 0 Å². The van der Waals surface area contributed by atoms with E-state index in [-0.39, 0.29) is 0 Å². The zero-order chi connectivity index (χ0) is 34.5. The predicted molar refractivity (Wildman–Crippen MR) is 219 cm³/mol. The molecular formula is C50H50. The molecule has 250 valence electrons. The van der Waals surface area contributed by atoms with Crippen molar-refractivity contribution in [1.82, 2.24) is 0 Å². The molecule has 0 aliphatic heterocycles. The van der Waals surface area contributed by atoms with Crippen LogP contribution in [0.1, 0.15) is 75.6 Å². The molecule has 7 aromatic rings. The smallest absolute Gasteiger partial charge is 0.00141 e. The Morgan fingerprint density at radius 1 is 0.280 bits per heavy atom. The van der Waals surface area contributed by atoms with Gasteiger partial charge in [-0.1, -0.05) is 175 Å². The van der Waals surface area contributed by atoms with Gasteiger partial charge >= 0.3 is 0 Å². The average molecular weight is 651 g/mol. The van der Waals surface area contributed by atoms with Gasteiger partial charge in [0.2, 0.25) is 0 Å². The molecule has 0 saturated carbocycles. The van der Waals surface area contributed by atoms with Crippen molar-refractivity contribution < 1.29 is 0 Å². The molecule has 50 heavy (non-hydrogen) atoms. The molecule has 0 fully saturated rings. The molecule has 0 nitrogen and oxygen atoms in total. The molecular weight excluding hydrogens is 601 g/mol. The lowest BCUT2D eigenvalue weighted by Gasteiger charge is -2.27. The summed E-state index contributed by atoms with van der Waals surface area (Å²) < 4.78 is 0. The molecule has 0 bridgehead atoms. The number of hydrogen-bond acceptors (Lipinski definition) is 0. The van der Waals surface area contributed by atoms with Crippen molar-refractivity contribution in [3.8, 4) is 44.5 Å². The molecule has 0 aliphatic rings. The highest BCUT2D eigenvalue weighted by atomic mass is 14.3. The Labute approximate surface area is 299 Å². The van der Waals surface area contributed by atoms with Crippen molar-refractivity contribution in [3.05, 3.63) is 156 Å². The highest BCUT2D eigenvalue weighted by Crippen LogP contribution is 2.52. The summed E-state index contributed by atoms with van der Waals surface area (Å²) >= 11 is 0. The van der Waals surface area contributed by atoms with E-state index in [9.17, 15) is 0 Å². The Morgan fingerprint density at radius 3 is 0.820 bits per heavy atom. The second-order valence-corrected chi connectivity index (χ2v) is 13.8. The molecule has 0 amide bonds. The normalized spacial score (nSPS) is 11.4. The first kappa shape index (κ1) is 33.6. The number of benzene rings is 7. The van der Waals surface area contributed by atoms with E-state index >= 15 is 0 Å². The fourth-order valence-electron chi connectivity index (χ4n) is 8.49. The van der Waals surface area contributed by atoms with E-state index in [0.717, 1.165) is 38.5 Å². The van der Waals surface area contributed by atoms with Crippen LogP contribution < -0.4 is 0 Å². The number of fused-ring (bicyclic) bond motifs is 2. The molecule has 7 aromatic carbocycles. The second-order valence-electron chi connectivity index (χ2n) is 13.8. The van der Waals surface area contributed by atoms with Gasteiger partial charge in [-0.05, 0) is 126 Å². The molecule has 0 heterocycles. The maximum absolute atomic E-state index is 2.62. The highest BCUT2D eigenvalue weighted by Gasteiger charge is 2.26. The Morgan fingerprint density at radius 2 is 0.540 bits per heavy atom. The lowest BCUT2D eigenvalue weighted by molar-refractivity contribution is 0.810. The quantitative estimate of drug-likeness (QED) is 0.115. The lowest BCUT2D eigenvalue weighted by Crippen LogP contribution is -2.08. The third-order valence-corrected chi connectivity index (χ3v) is 10.4. The molecule has 0 heteroatoms. The number of rotatable bonds is 12.